The van der Waals surface area contributed by atoms with Gasteiger partial charge in [0.25, 0.3) is 0 Å². The maximum Gasteiger partial charge on any atom is 0.306 e. The van der Waals surface area contributed by atoms with Crippen LogP contribution in [0.2, 0.25) is 0 Å². The summed E-state index contributed by atoms with van der Waals surface area (Å²) in [6, 6.07) is 3.50. The van der Waals surface area contributed by atoms with Gasteiger partial charge in [-0.05, 0) is 38.3 Å². The van der Waals surface area contributed by atoms with Crippen molar-refractivity contribution in [1.82, 2.24) is 4.90 Å². The van der Waals surface area contributed by atoms with Gasteiger partial charge in [-0.15, -0.1) is 0 Å². The van der Waals surface area contributed by atoms with Crippen LogP contribution in [0.3, 0.4) is 0 Å². The Morgan fingerprint density at radius 3 is 2.63 bits per heavy atom. The van der Waals surface area contributed by atoms with Crippen molar-refractivity contribution in [3.8, 4) is 0 Å². The Morgan fingerprint density at radius 2 is 2.11 bits per heavy atom. The van der Waals surface area contributed by atoms with Gasteiger partial charge in [-0.25, -0.2) is 0 Å². The van der Waals surface area contributed by atoms with Gasteiger partial charge in [-0.3, -0.25) is 9.59 Å². The van der Waals surface area contributed by atoms with Crippen molar-refractivity contribution in [2.75, 3.05) is 7.05 Å². The Hall–Kier alpha value is -1.78. The minimum absolute atomic E-state index is 0.00708. The zero-order valence-electron chi connectivity index (χ0n) is 11.2. The van der Waals surface area contributed by atoms with E-state index in [1.54, 1.807) is 24.3 Å². The van der Waals surface area contributed by atoms with Gasteiger partial charge in [0.15, 0.2) is 0 Å². The molecule has 1 amide bonds. The monoisotopic (exact) mass is 265 g/mol. The van der Waals surface area contributed by atoms with E-state index in [4.69, 9.17) is 9.52 Å². The molecular weight excluding hydrogens is 246 g/mol. The summed E-state index contributed by atoms with van der Waals surface area (Å²) in [7, 11) is 1.74. The molecule has 0 saturated heterocycles. The molecule has 1 fully saturated rings. The van der Waals surface area contributed by atoms with E-state index in [2.05, 4.69) is 0 Å². The van der Waals surface area contributed by atoms with E-state index in [0.717, 1.165) is 5.76 Å². The number of amides is 1. The van der Waals surface area contributed by atoms with E-state index < -0.39 is 5.97 Å². The first-order valence-corrected chi connectivity index (χ1v) is 6.53. The number of nitrogens with zero attached hydrogens (tertiary/aromatic N) is 1. The Bertz CT molecular complexity index is 454. The van der Waals surface area contributed by atoms with Crippen molar-refractivity contribution < 1.29 is 19.1 Å². The SMILES string of the molecule is C[C@H](c1ccco1)N(C)C(=O)[C@@H]1CC[C@H](C(=O)O)C1. The summed E-state index contributed by atoms with van der Waals surface area (Å²) in [5.74, 6) is -0.599. The predicted molar refractivity (Wildman–Crippen MR) is 68.4 cm³/mol. The van der Waals surface area contributed by atoms with Crippen LogP contribution in [0.5, 0.6) is 0 Å². The fourth-order valence-corrected chi connectivity index (χ4v) is 2.63. The van der Waals surface area contributed by atoms with Crippen LogP contribution in [-0.2, 0) is 9.59 Å². The molecule has 3 atom stereocenters. The predicted octanol–water partition coefficient (Wildman–Crippen LogP) is 2.30. The average molecular weight is 265 g/mol. The molecule has 0 aliphatic heterocycles. The second kappa shape index (κ2) is 5.47. The highest BCUT2D eigenvalue weighted by Crippen LogP contribution is 2.33. The highest BCUT2D eigenvalue weighted by Gasteiger charge is 2.36. The van der Waals surface area contributed by atoms with E-state index in [1.165, 1.54) is 0 Å². The minimum atomic E-state index is -0.794. The Labute approximate surface area is 112 Å². The van der Waals surface area contributed by atoms with Gasteiger partial charge in [-0.2, -0.15) is 0 Å². The molecule has 1 aromatic heterocycles. The molecule has 19 heavy (non-hydrogen) atoms. The average Bonchev–Trinajstić information content (AvgIpc) is 3.06. The molecule has 0 spiro atoms. The van der Waals surface area contributed by atoms with Crippen LogP contribution < -0.4 is 0 Å². The first kappa shape index (κ1) is 13.6. The molecule has 1 N–H and O–H groups in total. The van der Waals surface area contributed by atoms with E-state index >= 15 is 0 Å². The fourth-order valence-electron chi connectivity index (χ4n) is 2.63. The first-order valence-electron chi connectivity index (χ1n) is 6.53. The van der Waals surface area contributed by atoms with Gasteiger partial charge < -0.3 is 14.4 Å². The number of carboxylic acids is 1. The number of rotatable bonds is 4. The highest BCUT2D eigenvalue weighted by atomic mass is 16.4. The second-order valence-corrected chi connectivity index (χ2v) is 5.19. The topological polar surface area (TPSA) is 70.8 Å². The van der Waals surface area contributed by atoms with Crippen LogP contribution in [0, 0.1) is 11.8 Å². The summed E-state index contributed by atoms with van der Waals surface area (Å²) in [4.78, 5) is 24.9. The zero-order valence-corrected chi connectivity index (χ0v) is 11.2. The third-order valence-electron chi connectivity index (χ3n) is 4.01. The number of carboxylic acid groups (broad SMARTS) is 1. The quantitative estimate of drug-likeness (QED) is 0.906. The van der Waals surface area contributed by atoms with Crippen molar-refractivity contribution in [2.45, 2.75) is 32.2 Å². The van der Waals surface area contributed by atoms with Crippen LogP contribution in [-0.4, -0.2) is 28.9 Å². The van der Waals surface area contributed by atoms with E-state index in [-0.39, 0.29) is 23.8 Å². The molecular formula is C14H19NO4. The van der Waals surface area contributed by atoms with Gasteiger partial charge in [0.2, 0.25) is 5.91 Å². The van der Waals surface area contributed by atoms with E-state index in [9.17, 15) is 9.59 Å². The van der Waals surface area contributed by atoms with Crippen LogP contribution in [0.15, 0.2) is 22.8 Å². The van der Waals surface area contributed by atoms with Crippen molar-refractivity contribution in [3.05, 3.63) is 24.2 Å². The van der Waals surface area contributed by atoms with Gasteiger partial charge in [0.05, 0.1) is 18.2 Å². The molecule has 0 aromatic carbocycles. The molecule has 1 aliphatic carbocycles. The number of hydrogen-bond donors (Lipinski definition) is 1. The van der Waals surface area contributed by atoms with Gasteiger partial charge in [0, 0.05) is 13.0 Å². The molecule has 0 unspecified atom stereocenters. The lowest BCUT2D eigenvalue weighted by atomic mass is 10.0. The van der Waals surface area contributed by atoms with Crippen molar-refractivity contribution >= 4 is 11.9 Å². The minimum Gasteiger partial charge on any atom is -0.481 e. The maximum absolute atomic E-state index is 12.3. The molecule has 1 aliphatic rings. The maximum atomic E-state index is 12.3. The van der Waals surface area contributed by atoms with Crippen LogP contribution >= 0.6 is 0 Å². The first-order chi connectivity index (χ1) is 9.00. The lowest BCUT2D eigenvalue weighted by molar-refractivity contribution is -0.141. The molecule has 0 radical (unpaired) electrons. The van der Waals surface area contributed by atoms with Crippen molar-refractivity contribution in [3.63, 3.8) is 0 Å². The molecule has 5 heteroatoms. The molecule has 0 bridgehead atoms. The van der Waals surface area contributed by atoms with Gasteiger partial charge in [-0.1, -0.05) is 0 Å². The lowest BCUT2D eigenvalue weighted by Crippen LogP contribution is -2.34. The smallest absolute Gasteiger partial charge is 0.306 e. The van der Waals surface area contributed by atoms with Crippen LogP contribution in [0.1, 0.15) is 38.0 Å². The molecule has 1 aromatic rings. The fraction of sp³-hybridized carbons (Fsp3) is 0.571. The van der Waals surface area contributed by atoms with Crippen LogP contribution in [0.25, 0.3) is 0 Å². The number of furan rings is 1. The van der Waals surface area contributed by atoms with Gasteiger partial charge >= 0.3 is 5.97 Å². The standard InChI is InChI=1S/C14H19NO4/c1-9(12-4-3-7-19-12)15(2)13(16)10-5-6-11(8-10)14(17)18/h3-4,7,9-11H,5-6,8H2,1-2H3,(H,17,18)/t9-,10-,11+/m1/s1. The Kier molecular flexibility index (Phi) is 3.93. The largest absolute Gasteiger partial charge is 0.481 e. The summed E-state index contributed by atoms with van der Waals surface area (Å²) >= 11 is 0. The number of carbonyl (C=O) groups excluding carboxylic acids is 1. The van der Waals surface area contributed by atoms with E-state index in [0.29, 0.717) is 19.3 Å². The highest BCUT2D eigenvalue weighted by molar-refractivity contribution is 5.81. The Balaban J connectivity index is 1.98. The zero-order chi connectivity index (χ0) is 14.0. The summed E-state index contributed by atoms with van der Waals surface area (Å²) in [5, 5.41) is 8.97. The van der Waals surface area contributed by atoms with Crippen LogP contribution in [0.4, 0.5) is 0 Å². The molecule has 2 rings (SSSR count). The number of carbonyl (C=O) groups is 2. The summed E-state index contributed by atoms with van der Waals surface area (Å²) < 4.78 is 5.30. The van der Waals surface area contributed by atoms with E-state index in [1.807, 2.05) is 13.0 Å². The molecule has 5 nitrogen and oxygen atoms in total. The van der Waals surface area contributed by atoms with Crippen molar-refractivity contribution in [2.24, 2.45) is 11.8 Å². The normalized spacial score (nSPS) is 24.1. The number of hydrogen-bond acceptors (Lipinski definition) is 3. The summed E-state index contributed by atoms with van der Waals surface area (Å²) in [5.41, 5.74) is 0. The lowest BCUT2D eigenvalue weighted by Gasteiger charge is -2.26. The van der Waals surface area contributed by atoms with Gasteiger partial charge in [0.1, 0.15) is 5.76 Å². The summed E-state index contributed by atoms with van der Waals surface area (Å²) in [6.45, 7) is 1.90. The molecule has 104 valence electrons. The molecule has 1 heterocycles. The molecule has 1 saturated carbocycles. The Morgan fingerprint density at radius 1 is 1.42 bits per heavy atom. The van der Waals surface area contributed by atoms with Crippen molar-refractivity contribution in [1.29, 1.82) is 0 Å². The summed E-state index contributed by atoms with van der Waals surface area (Å²) in [6.07, 6.45) is 3.28. The third kappa shape index (κ3) is 2.80. The second-order valence-electron chi connectivity index (χ2n) is 5.19. The third-order valence-corrected chi connectivity index (χ3v) is 4.01. The number of aliphatic carboxylic acids is 1.